The molecule has 3 unspecified atom stereocenters. The number of pyridine rings is 1. The summed E-state index contributed by atoms with van der Waals surface area (Å²) in [5.74, 6) is 1.94. The molecule has 2 aliphatic rings. The summed E-state index contributed by atoms with van der Waals surface area (Å²) in [5, 5.41) is 3.05. The Kier molecular flexibility index (Phi) is 17.6. The lowest BCUT2D eigenvalue weighted by atomic mass is 9.85. The molecule has 0 radical (unpaired) electrons. The van der Waals surface area contributed by atoms with E-state index in [4.69, 9.17) is 42.5 Å². The van der Waals surface area contributed by atoms with Gasteiger partial charge < -0.3 is 30.8 Å². The Balaban J connectivity index is 0.000000378. The molecule has 12 heteroatoms. The van der Waals surface area contributed by atoms with Crippen LogP contribution in [0.15, 0.2) is 66.4 Å². The Morgan fingerprint density at radius 2 is 1.84 bits per heavy atom. The third-order valence-corrected chi connectivity index (χ3v) is 10.4. The van der Waals surface area contributed by atoms with E-state index in [0.717, 1.165) is 87.6 Å². The molecule has 5 N–H and O–H groups in total. The first kappa shape index (κ1) is 43.9. The van der Waals surface area contributed by atoms with Crippen LogP contribution in [0.1, 0.15) is 95.3 Å². The van der Waals surface area contributed by atoms with Gasteiger partial charge in [0.15, 0.2) is 0 Å². The molecule has 300 valence electrons. The number of allylic oxidation sites excluding steroid dienone is 1. The number of nitrogens with two attached hydrogens (primary N) is 2. The summed E-state index contributed by atoms with van der Waals surface area (Å²) in [6.45, 7) is 16.9. The van der Waals surface area contributed by atoms with Crippen LogP contribution < -0.4 is 21.5 Å². The van der Waals surface area contributed by atoms with E-state index < -0.39 is 0 Å². The van der Waals surface area contributed by atoms with E-state index in [0.29, 0.717) is 34.7 Å². The van der Waals surface area contributed by atoms with Crippen molar-refractivity contribution in [1.29, 1.82) is 0 Å². The van der Waals surface area contributed by atoms with Gasteiger partial charge in [0.1, 0.15) is 18.2 Å². The Morgan fingerprint density at radius 3 is 2.53 bits per heavy atom. The number of nitrogens with zero attached hydrogens (tertiary/aromatic N) is 4. The Morgan fingerprint density at radius 1 is 1.07 bits per heavy atom. The molecule has 55 heavy (non-hydrogen) atoms. The number of hydrogen-bond acceptors (Lipinski definition) is 8. The number of carbonyl (C=O) groups excluding carboxylic acids is 1. The fourth-order valence-electron chi connectivity index (χ4n) is 7.06. The van der Waals surface area contributed by atoms with E-state index >= 15 is 0 Å². The molecule has 1 amide bonds. The van der Waals surface area contributed by atoms with Gasteiger partial charge in [-0.15, -0.1) is 0 Å². The zero-order valence-corrected chi connectivity index (χ0v) is 34.2. The summed E-state index contributed by atoms with van der Waals surface area (Å²) in [6.07, 6.45) is 7.54. The van der Waals surface area contributed by atoms with Gasteiger partial charge in [0.05, 0.1) is 30.2 Å². The van der Waals surface area contributed by atoms with Crippen LogP contribution in [0, 0.1) is 18.7 Å². The van der Waals surface area contributed by atoms with E-state index in [1.54, 1.807) is 12.1 Å². The maximum atomic E-state index is 14.1. The van der Waals surface area contributed by atoms with Crippen LogP contribution in [0.4, 0.5) is 4.39 Å². The molecule has 2 aromatic heterocycles. The van der Waals surface area contributed by atoms with Gasteiger partial charge in [-0.2, -0.15) is 0 Å². The number of piperidine rings is 1. The quantitative estimate of drug-likeness (QED) is 0.110. The molecule has 3 heterocycles. The topological polar surface area (TPSA) is 134 Å². The highest BCUT2D eigenvalue weighted by Gasteiger charge is 2.26. The maximum absolute atomic E-state index is 14.1. The number of nitrogens with one attached hydrogen (secondary N) is 1. The normalized spacial score (nSPS) is 19.4. The average molecular weight is 778 g/mol. The minimum absolute atomic E-state index is 0.0159. The van der Waals surface area contributed by atoms with Gasteiger partial charge in [-0.3, -0.25) is 9.69 Å². The van der Waals surface area contributed by atoms with Crippen LogP contribution in [0.2, 0.25) is 5.02 Å². The lowest BCUT2D eigenvalue weighted by Crippen LogP contribution is -2.46. The molecule has 2 aromatic carbocycles. The second-order valence-electron chi connectivity index (χ2n) is 14.3. The standard InChI is InChI=1S/C32H38ClFN4O2.C9H17N3O.C2H6/c1-4-16-39-23(3)19-38-30-11-8-22(2)17-29(30)35-31(38)20-37-14-12-24(13-15-37)28-6-5-7-32(36-28)40-21-25-9-10-26(33)18-27(25)34;1-2-6-3-7(10)8(11)4-9(6)12-5-13;1-2/h5-11,17-18,23-24H,4,12-16,19-21H2,1-3H3;4-8H,2-3,10-11H2,1H3,(H,12,13);1-2H3/t;6-,7?,8?;/m.1./s1. The first-order valence-corrected chi connectivity index (χ1v) is 20.2. The van der Waals surface area contributed by atoms with Crippen molar-refractivity contribution in [3.05, 3.63) is 99.9 Å². The number of imidazole rings is 1. The predicted molar refractivity (Wildman–Crippen MR) is 220 cm³/mol. The molecule has 0 bridgehead atoms. The number of likely N-dealkylation sites (tertiary alicyclic amines) is 1. The summed E-state index contributed by atoms with van der Waals surface area (Å²) in [4.78, 5) is 22.6. The van der Waals surface area contributed by atoms with Gasteiger partial charge in [0.25, 0.3) is 0 Å². The Labute approximate surface area is 331 Å². The largest absolute Gasteiger partial charge is 0.473 e. The monoisotopic (exact) mass is 777 g/mol. The van der Waals surface area contributed by atoms with Crippen LogP contribution in [0.25, 0.3) is 11.0 Å². The van der Waals surface area contributed by atoms with Gasteiger partial charge in [-0.25, -0.2) is 14.4 Å². The van der Waals surface area contributed by atoms with Gasteiger partial charge in [0, 0.05) is 58.6 Å². The highest BCUT2D eigenvalue weighted by Crippen LogP contribution is 2.30. The van der Waals surface area contributed by atoms with Crippen molar-refractivity contribution in [2.45, 2.75) is 117 Å². The van der Waals surface area contributed by atoms with Crippen LogP contribution in [-0.4, -0.2) is 63.7 Å². The molecule has 4 atom stereocenters. The smallest absolute Gasteiger partial charge is 0.213 e. The van der Waals surface area contributed by atoms with Crippen LogP contribution in [-0.2, 0) is 29.2 Å². The minimum atomic E-state index is -0.373. The van der Waals surface area contributed by atoms with E-state index in [9.17, 15) is 9.18 Å². The summed E-state index contributed by atoms with van der Waals surface area (Å²) in [7, 11) is 0. The third kappa shape index (κ3) is 12.6. The number of aromatic nitrogens is 3. The van der Waals surface area contributed by atoms with Crippen molar-refractivity contribution < 1.29 is 18.7 Å². The number of halogens is 2. The summed E-state index contributed by atoms with van der Waals surface area (Å²) in [5.41, 5.74) is 17.4. The van der Waals surface area contributed by atoms with Crippen molar-refractivity contribution >= 4 is 29.0 Å². The molecule has 4 aromatic rings. The zero-order valence-electron chi connectivity index (χ0n) is 33.4. The number of hydrogen-bond donors (Lipinski definition) is 3. The van der Waals surface area contributed by atoms with Crippen molar-refractivity contribution in [2.75, 3.05) is 19.7 Å². The van der Waals surface area contributed by atoms with Crippen molar-refractivity contribution in [3.8, 4) is 5.88 Å². The number of amides is 1. The number of ether oxygens (including phenoxy) is 2. The SMILES string of the molecule is CC.CCCOC(C)Cn1c(CN2CCC(c3cccc(OCc4ccc(Cl)cc4F)n3)CC2)nc2cc(C)ccc21.CC[C@@H]1CC(N)C(N)C=C1NC=O. The van der Waals surface area contributed by atoms with Crippen molar-refractivity contribution in [1.82, 2.24) is 24.8 Å². The second-order valence-corrected chi connectivity index (χ2v) is 14.7. The second kappa shape index (κ2) is 22.0. The fourth-order valence-corrected chi connectivity index (χ4v) is 7.22. The molecule has 10 nitrogen and oxygen atoms in total. The van der Waals surface area contributed by atoms with Crippen LogP contribution >= 0.6 is 11.6 Å². The van der Waals surface area contributed by atoms with Crippen LogP contribution in [0.5, 0.6) is 5.88 Å². The van der Waals surface area contributed by atoms with Gasteiger partial charge in [-0.1, -0.05) is 57.5 Å². The molecule has 0 spiro atoms. The summed E-state index contributed by atoms with van der Waals surface area (Å²) in [6, 6.07) is 16.9. The van der Waals surface area contributed by atoms with E-state index in [1.165, 1.54) is 17.1 Å². The Bertz CT molecular complexity index is 1830. The molecule has 0 saturated carbocycles. The molecule has 1 aliphatic heterocycles. The summed E-state index contributed by atoms with van der Waals surface area (Å²) >= 11 is 5.86. The number of rotatable bonds is 14. The lowest BCUT2D eigenvalue weighted by molar-refractivity contribution is -0.109. The van der Waals surface area contributed by atoms with Gasteiger partial charge >= 0.3 is 0 Å². The lowest BCUT2D eigenvalue weighted by Gasteiger charge is -2.31. The van der Waals surface area contributed by atoms with E-state index in [-0.39, 0.29) is 30.6 Å². The molecular weight excluding hydrogens is 717 g/mol. The van der Waals surface area contributed by atoms with Crippen molar-refractivity contribution in [3.63, 3.8) is 0 Å². The number of carbonyl (C=O) groups is 1. The Hall–Kier alpha value is -3.87. The third-order valence-electron chi connectivity index (χ3n) is 10.1. The number of aryl methyl sites for hydroxylation is 1. The average Bonchev–Trinajstić information content (AvgIpc) is 3.51. The van der Waals surface area contributed by atoms with Gasteiger partial charge in [0.2, 0.25) is 12.3 Å². The molecule has 1 fully saturated rings. The van der Waals surface area contributed by atoms with Crippen LogP contribution in [0.3, 0.4) is 0 Å². The maximum Gasteiger partial charge on any atom is 0.213 e. The van der Waals surface area contributed by atoms with Gasteiger partial charge in [-0.05, 0) is 101 Å². The molecule has 6 rings (SSSR count). The molecule has 1 saturated heterocycles. The fraction of sp³-hybridized carbons (Fsp3) is 0.512. The highest BCUT2D eigenvalue weighted by atomic mass is 35.5. The molecule has 1 aliphatic carbocycles. The first-order valence-electron chi connectivity index (χ1n) is 19.8. The minimum Gasteiger partial charge on any atom is -0.473 e. The van der Waals surface area contributed by atoms with E-state index in [1.807, 2.05) is 32.1 Å². The summed E-state index contributed by atoms with van der Waals surface area (Å²) < 4.78 is 28.3. The zero-order chi connectivity index (χ0) is 39.9. The predicted octanol–water partition coefficient (Wildman–Crippen LogP) is 8.03. The first-order chi connectivity index (χ1) is 26.6. The highest BCUT2D eigenvalue weighted by molar-refractivity contribution is 6.30. The number of fused-ring (bicyclic) bond motifs is 1. The number of benzene rings is 2. The van der Waals surface area contributed by atoms with Crippen molar-refractivity contribution in [2.24, 2.45) is 17.4 Å². The molecular formula is C43H61ClFN7O3. The van der Waals surface area contributed by atoms with E-state index in [2.05, 4.69) is 66.7 Å².